The van der Waals surface area contributed by atoms with Crippen LogP contribution in [0.25, 0.3) is 0 Å². The van der Waals surface area contributed by atoms with Crippen molar-refractivity contribution >= 4 is 24.1 Å². The Labute approximate surface area is 123 Å². The van der Waals surface area contributed by atoms with Gasteiger partial charge in [-0.25, -0.2) is 14.9 Å². The van der Waals surface area contributed by atoms with Crippen molar-refractivity contribution in [3.8, 4) is 0 Å². The van der Waals surface area contributed by atoms with Crippen molar-refractivity contribution in [2.75, 3.05) is 6.61 Å². The number of aryl methyl sites for hydroxylation is 1. The fraction of sp³-hybridized carbons (Fsp3) is 0.429. The molecular formula is C14H20N2O3S. The van der Waals surface area contributed by atoms with Gasteiger partial charge in [0.15, 0.2) is 0 Å². The van der Waals surface area contributed by atoms with Crippen LogP contribution in [0.5, 0.6) is 0 Å². The Morgan fingerprint density at radius 2 is 2.05 bits per heavy atom. The van der Waals surface area contributed by atoms with E-state index in [0.29, 0.717) is 5.92 Å². The minimum atomic E-state index is -0.751. The number of alkyl carbamates (subject to hydrolysis) is 1. The number of carbonyl (C=O) groups is 2. The summed E-state index contributed by atoms with van der Waals surface area (Å²) in [5.41, 5.74) is 2.27. The van der Waals surface area contributed by atoms with Gasteiger partial charge in [0.25, 0.3) is 0 Å². The lowest BCUT2D eigenvalue weighted by atomic mass is 10.0. The van der Waals surface area contributed by atoms with Crippen LogP contribution in [0, 0.1) is 6.92 Å². The molecule has 0 fully saturated rings. The number of hydrogen-bond donors (Lipinski definition) is 2. The quantitative estimate of drug-likeness (QED) is 0.833. The first-order chi connectivity index (χ1) is 9.43. The lowest BCUT2D eigenvalue weighted by Gasteiger charge is -2.13. The van der Waals surface area contributed by atoms with Gasteiger partial charge in [0.05, 0.1) is 6.61 Å². The number of urea groups is 1. The van der Waals surface area contributed by atoms with Crippen LogP contribution in [0.1, 0.15) is 37.8 Å². The molecule has 5 nitrogen and oxygen atoms in total. The predicted octanol–water partition coefficient (Wildman–Crippen LogP) is 3.58. The fourth-order valence-corrected chi connectivity index (χ4v) is 2.51. The molecule has 0 radical (unpaired) electrons. The van der Waals surface area contributed by atoms with E-state index in [1.807, 2.05) is 25.1 Å². The van der Waals surface area contributed by atoms with E-state index in [1.165, 1.54) is 11.9 Å². The summed E-state index contributed by atoms with van der Waals surface area (Å²) in [5.74, 6) is 0.355. The standard InChI is InChI=1S/C14H20N2O3S/c1-5-19-14(18)15-13(17)16-20-12-8-10(4)6-7-11(12)9(2)3/h6-9H,5H2,1-4H3,(H2,15,16,17,18). The first-order valence-corrected chi connectivity index (χ1v) is 7.26. The second-order valence-electron chi connectivity index (χ2n) is 4.57. The molecule has 0 aromatic heterocycles. The molecule has 20 heavy (non-hydrogen) atoms. The van der Waals surface area contributed by atoms with E-state index >= 15 is 0 Å². The molecule has 3 amide bonds. The zero-order chi connectivity index (χ0) is 15.1. The number of carbonyl (C=O) groups excluding carboxylic acids is 2. The molecule has 0 atom stereocenters. The Morgan fingerprint density at radius 3 is 2.65 bits per heavy atom. The number of benzene rings is 1. The van der Waals surface area contributed by atoms with Gasteiger partial charge in [0.1, 0.15) is 0 Å². The summed E-state index contributed by atoms with van der Waals surface area (Å²) in [5, 5.41) is 2.08. The van der Waals surface area contributed by atoms with Gasteiger partial charge in [-0.3, -0.25) is 4.72 Å². The van der Waals surface area contributed by atoms with Gasteiger partial charge in [-0.1, -0.05) is 26.0 Å². The average molecular weight is 296 g/mol. The summed E-state index contributed by atoms with van der Waals surface area (Å²) in [7, 11) is 0. The number of rotatable bonds is 4. The molecule has 0 aliphatic rings. The first-order valence-electron chi connectivity index (χ1n) is 6.45. The Balaban J connectivity index is 2.63. The van der Waals surface area contributed by atoms with Gasteiger partial charge in [-0.15, -0.1) is 0 Å². The SMILES string of the molecule is CCOC(=O)NC(=O)NSc1cc(C)ccc1C(C)C. The van der Waals surface area contributed by atoms with Gasteiger partial charge in [0, 0.05) is 4.90 Å². The third-order valence-corrected chi connectivity index (χ3v) is 3.40. The topological polar surface area (TPSA) is 67.4 Å². The molecule has 0 saturated carbocycles. The van der Waals surface area contributed by atoms with Crippen molar-refractivity contribution in [3.63, 3.8) is 0 Å². The summed E-state index contributed by atoms with van der Waals surface area (Å²) in [6.45, 7) is 8.07. The molecular weight excluding hydrogens is 276 g/mol. The Bertz CT molecular complexity index is 489. The first kappa shape index (κ1) is 16.4. The lowest BCUT2D eigenvalue weighted by molar-refractivity contribution is 0.153. The van der Waals surface area contributed by atoms with Crippen molar-refractivity contribution in [2.24, 2.45) is 0 Å². The van der Waals surface area contributed by atoms with Crippen LogP contribution in [0.2, 0.25) is 0 Å². The molecule has 0 aliphatic heterocycles. The highest BCUT2D eigenvalue weighted by Gasteiger charge is 2.11. The van der Waals surface area contributed by atoms with Gasteiger partial charge < -0.3 is 4.74 Å². The highest BCUT2D eigenvalue weighted by molar-refractivity contribution is 7.98. The van der Waals surface area contributed by atoms with E-state index < -0.39 is 12.1 Å². The van der Waals surface area contributed by atoms with Crippen LogP contribution in [-0.2, 0) is 4.74 Å². The van der Waals surface area contributed by atoms with Crippen LogP contribution in [0.15, 0.2) is 23.1 Å². The smallest absolute Gasteiger partial charge is 0.415 e. The average Bonchev–Trinajstić information content (AvgIpc) is 2.36. The molecule has 1 rings (SSSR count). The van der Waals surface area contributed by atoms with Crippen LogP contribution >= 0.6 is 11.9 Å². The number of ether oxygens (including phenoxy) is 1. The normalized spacial score (nSPS) is 10.2. The summed E-state index contributed by atoms with van der Waals surface area (Å²) >= 11 is 1.19. The molecule has 0 aliphatic carbocycles. The van der Waals surface area contributed by atoms with Crippen LogP contribution in [0.3, 0.4) is 0 Å². The Kier molecular flexibility index (Phi) is 6.38. The molecule has 0 spiro atoms. The number of hydrogen-bond acceptors (Lipinski definition) is 4. The van der Waals surface area contributed by atoms with Crippen molar-refractivity contribution in [1.82, 2.24) is 10.0 Å². The largest absolute Gasteiger partial charge is 0.450 e. The van der Waals surface area contributed by atoms with Gasteiger partial charge in [-0.05, 0) is 48.9 Å². The van der Waals surface area contributed by atoms with Crippen LogP contribution in [-0.4, -0.2) is 18.7 Å². The maximum atomic E-state index is 11.5. The maximum Gasteiger partial charge on any atom is 0.415 e. The molecule has 0 unspecified atom stereocenters. The van der Waals surface area contributed by atoms with E-state index in [2.05, 4.69) is 28.6 Å². The Morgan fingerprint density at radius 1 is 1.35 bits per heavy atom. The molecule has 110 valence electrons. The summed E-state index contributed by atoms with van der Waals surface area (Å²) in [4.78, 5) is 23.6. The third kappa shape index (κ3) is 5.13. The lowest BCUT2D eigenvalue weighted by Crippen LogP contribution is -2.36. The van der Waals surface area contributed by atoms with E-state index in [9.17, 15) is 9.59 Å². The van der Waals surface area contributed by atoms with E-state index in [-0.39, 0.29) is 6.61 Å². The summed E-state index contributed by atoms with van der Waals surface area (Å²) in [6, 6.07) is 5.50. The fourth-order valence-electron chi connectivity index (χ4n) is 1.59. The second kappa shape index (κ2) is 7.79. The minimum absolute atomic E-state index is 0.224. The number of amides is 3. The minimum Gasteiger partial charge on any atom is -0.450 e. The highest BCUT2D eigenvalue weighted by atomic mass is 32.2. The van der Waals surface area contributed by atoms with Crippen LogP contribution < -0.4 is 10.0 Å². The van der Waals surface area contributed by atoms with Crippen molar-refractivity contribution < 1.29 is 14.3 Å². The summed E-state index contributed by atoms with van der Waals surface area (Å²) < 4.78 is 7.20. The second-order valence-corrected chi connectivity index (χ2v) is 5.42. The van der Waals surface area contributed by atoms with Crippen LogP contribution in [0.4, 0.5) is 9.59 Å². The third-order valence-electron chi connectivity index (χ3n) is 2.54. The Hall–Kier alpha value is -1.69. The molecule has 0 heterocycles. The van der Waals surface area contributed by atoms with E-state index in [4.69, 9.17) is 0 Å². The van der Waals surface area contributed by atoms with Gasteiger partial charge in [-0.2, -0.15) is 0 Å². The predicted molar refractivity (Wildman–Crippen MR) is 79.8 cm³/mol. The maximum absolute atomic E-state index is 11.5. The van der Waals surface area contributed by atoms with Crippen molar-refractivity contribution in [2.45, 2.75) is 38.5 Å². The zero-order valence-electron chi connectivity index (χ0n) is 12.1. The monoisotopic (exact) mass is 296 g/mol. The molecule has 0 saturated heterocycles. The van der Waals surface area contributed by atoms with Crippen molar-refractivity contribution in [3.05, 3.63) is 29.3 Å². The summed E-state index contributed by atoms with van der Waals surface area (Å²) in [6.07, 6.45) is -0.751. The molecule has 2 N–H and O–H groups in total. The van der Waals surface area contributed by atoms with E-state index in [1.54, 1.807) is 6.92 Å². The molecule has 1 aromatic rings. The molecule has 6 heteroatoms. The molecule has 1 aromatic carbocycles. The number of nitrogens with one attached hydrogen (secondary N) is 2. The molecule has 0 bridgehead atoms. The highest BCUT2D eigenvalue weighted by Crippen LogP contribution is 2.27. The number of imide groups is 1. The van der Waals surface area contributed by atoms with Gasteiger partial charge >= 0.3 is 12.1 Å². The van der Waals surface area contributed by atoms with Crippen molar-refractivity contribution in [1.29, 1.82) is 0 Å². The van der Waals surface area contributed by atoms with E-state index in [0.717, 1.165) is 16.0 Å². The van der Waals surface area contributed by atoms with Gasteiger partial charge in [0.2, 0.25) is 0 Å². The zero-order valence-corrected chi connectivity index (χ0v) is 13.0.